The van der Waals surface area contributed by atoms with E-state index in [0.717, 1.165) is 25.7 Å². The SMILES string of the molecule is Cl.NCC(NS(=O)(=O)N1CC2CCC1C2)C1CCCC1. The van der Waals surface area contributed by atoms with Crippen molar-refractivity contribution in [3.63, 3.8) is 0 Å². The summed E-state index contributed by atoms with van der Waals surface area (Å²) < 4.78 is 29.6. The van der Waals surface area contributed by atoms with Crippen molar-refractivity contribution >= 4 is 22.6 Å². The third-order valence-corrected chi connectivity index (χ3v) is 6.86. The molecule has 0 aromatic carbocycles. The van der Waals surface area contributed by atoms with Crippen LogP contribution in [0.5, 0.6) is 0 Å². The van der Waals surface area contributed by atoms with Gasteiger partial charge in [-0.15, -0.1) is 12.4 Å². The van der Waals surface area contributed by atoms with E-state index < -0.39 is 10.2 Å². The lowest BCUT2D eigenvalue weighted by Crippen LogP contribution is -2.52. The number of hydrogen-bond donors (Lipinski definition) is 2. The molecule has 7 heteroatoms. The summed E-state index contributed by atoms with van der Waals surface area (Å²) >= 11 is 0. The van der Waals surface area contributed by atoms with Crippen molar-refractivity contribution < 1.29 is 8.42 Å². The highest BCUT2D eigenvalue weighted by Gasteiger charge is 2.44. The molecule has 20 heavy (non-hydrogen) atoms. The average Bonchev–Trinajstić information content (AvgIpc) is 3.11. The Morgan fingerprint density at radius 1 is 1.20 bits per heavy atom. The van der Waals surface area contributed by atoms with Crippen LogP contribution in [0.25, 0.3) is 0 Å². The predicted octanol–water partition coefficient (Wildman–Crippen LogP) is 1.24. The summed E-state index contributed by atoms with van der Waals surface area (Å²) in [5.41, 5.74) is 5.79. The molecular formula is C13H26ClN3O2S. The standard InChI is InChI=1S/C13H25N3O2S.ClH/c14-8-13(11-3-1-2-4-11)15-19(17,18)16-9-10-5-6-12(16)7-10;/h10-13,15H,1-9,14H2;1H. The molecule has 3 N–H and O–H groups in total. The van der Waals surface area contributed by atoms with Gasteiger partial charge in [0.15, 0.2) is 0 Å². The minimum atomic E-state index is -3.34. The van der Waals surface area contributed by atoms with Gasteiger partial charge in [0, 0.05) is 25.2 Å². The maximum atomic E-state index is 12.5. The summed E-state index contributed by atoms with van der Waals surface area (Å²) in [5.74, 6) is 1.02. The van der Waals surface area contributed by atoms with Crippen LogP contribution >= 0.6 is 12.4 Å². The van der Waals surface area contributed by atoms with Crippen LogP contribution in [-0.2, 0) is 10.2 Å². The van der Waals surface area contributed by atoms with E-state index in [2.05, 4.69) is 4.72 Å². The van der Waals surface area contributed by atoms with E-state index in [1.807, 2.05) is 0 Å². The van der Waals surface area contributed by atoms with Crippen LogP contribution in [0, 0.1) is 11.8 Å². The van der Waals surface area contributed by atoms with Crippen LogP contribution in [0.3, 0.4) is 0 Å². The van der Waals surface area contributed by atoms with Gasteiger partial charge in [-0.3, -0.25) is 0 Å². The molecule has 1 aliphatic heterocycles. The first-order valence-corrected chi connectivity index (χ1v) is 9.03. The fourth-order valence-electron chi connectivity index (χ4n) is 4.13. The molecule has 1 heterocycles. The highest BCUT2D eigenvalue weighted by Crippen LogP contribution is 2.39. The number of nitrogens with two attached hydrogens (primary N) is 1. The third-order valence-electron chi connectivity index (χ3n) is 5.19. The maximum absolute atomic E-state index is 12.5. The van der Waals surface area contributed by atoms with E-state index in [1.165, 1.54) is 19.3 Å². The van der Waals surface area contributed by atoms with Crippen molar-refractivity contribution in [2.75, 3.05) is 13.1 Å². The minimum Gasteiger partial charge on any atom is -0.329 e. The van der Waals surface area contributed by atoms with Crippen molar-refractivity contribution in [2.24, 2.45) is 17.6 Å². The Bertz CT molecular complexity index is 425. The second kappa shape index (κ2) is 6.48. The smallest absolute Gasteiger partial charge is 0.280 e. The molecule has 3 rings (SSSR count). The van der Waals surface area contributed by atoms with E-state index in [0.29, 0.717) is 24.9 Å². The summed E-state index contributed by atoms with van der Waals surface area (Å²) in [7, 11) is -3.34. The zero-order valence-electron chi connectivity index (χ0n) is 11.8. The Balaban J connectivity index is 0.00000147. The number of halogens is 1. The van der Waals surface area contributed by atoms with Crippen LogP contribution in [0.2, 0.25) is 0 Å². The lowest BCUT2D eigenvalue weighted by atomic mass is 9.99. The van der Waals surface area contributed by atoms with E-state index in [-0.39, 0.29) is 24.5 Å². The van der Waals surface area contributed by atoms with Crippen LogP contribution in [0.1, 0.15) is 44.9 Å². The van der Waals surface area contributed by atoms with Crippen molar-refractivity contribution in [1.29, 1.82) is 0 Å². The second-order valence-electron chi connectivity index (χ2n) is 6.41. The zero-order chi connectivity index (χ0) is 13.5. The summed E-state index contributed by atoms with van der Waals surface area (Å²) in [5, 5.41) is 0. The molecule has 1 saturated heterocycles. The Hall–Kier alpha value is 0.120. The molecule has 0 aromatic heterocycles. The normalized spacial score (nSPS) is 32.5. The number of nitrogens with one attached hydrogen (secondary N) is 1. The predicted molar refractivity (Wildman–Crippen MR) is 81.9 cm³/mol. The van der Waals surface area contributed by atoms with E-state index in [9.17, 15) is 8.42 Å². The molecule has 118 valence electrons. The van der Waals surface area contributed by atoms with Crippen LogP contribution in [-0.4, -0.2) is 37.9 Å². The van der Waals surface area contributed by atoms with Gasteiger partial charge in [-0.1, -0.05) is 12.8 Å². The summed E-state index contributed by atoms with van der Waals surface area (Å²) in [6.07, 6.45) is 7.90. The molecule has 3 unspecified atom stereocenters. The molecule has 2 aliphatic carbocycles. The van der Waals surface area contributed by atoms with E-state index in [4.69, 9.17) is 5.73 Å². The highest BCUT2D eigenvalue weighted by molar-refractivity contribution is 7.87. The largest absolute Gasteiger partial charge is 0.329 e. The van der Waals surface area contributed by atoms with Crippen molar-refractivity contribution in [3.8, 4) is 0 Å². The third kappa shape index (κ3) is 3.14. The van der Waals surface area contributed by atoms with Crippen molar-refractivity contribution in [3.05, 3.63) is 0 Å². The highest BCUT2D eigenvalue weighted by atomic mass is 35.5. The van der Waals surface area contributed by atoms with Crippen molar-refractivity contribution in [1.82, 2.24) is 9.03 Å². The average molecular weight is 324 g/mol. The zero-order valence-corrected chi connectivity index (χ0v) is 13.5. The van der Waals surface area contributed by atoms with E-state index >= 15 is 0 Å². The number of fused-ring (bicyclic) bond motifs is 2. The monoisotopic (exact) mass is 323 g/mol. The van der Waals surface area contributed by atoms with Crippen LogP contribution in [0.4, 0.5) is 0 Å². The maximum Gasteiger partial charge on any atom is 0.280 e. The van der Waals surface area contributed by atoms with Gasteiger partial charge in [-0.25, -0.2) is 0 Å². The van der Waals surface area contributed by atoms with Gasteiger partial charge in [0.2, 0.25) is 0 Å². The molecular weight excluding hydrogens is 298 g/mol. The summed E-state index contributed by atoms with van der Waals surface area (Å²) in [6, 6.07) is 0.163. The summed E-state index contributed by atoms with van der Waals surface area (Å²) in [6.45, 7) is 1.12. The Labute approximate surface area is 128 Å². The first kappa shape index (κ1) is 16.5. The van der Waals surface area contributed by atoms with Crippen LogP contribution in [0.15, 0.2) is 0 Å². The van der Waals surface area contributed by atoms with Gasteiger partial charge in [0.25, 0.3) is 10.2 Å². The second-order valence-corrected chi connectivity index (χ2v) is 8.07. The Morgan fingerprint density at radius 2 is 1.90 bits per heavy atom. The fraction of sp³-hybridized carbons (Fsp3) is 1.00. The Kier molecular flexibility index (Phi) is 5.34. The van der Waals surface area contributed by atoms with Crippen molar-refractivity contribution in [2.45, 2.75) is 57.0 Å². The number of hydrogen-bond acceptors (Lipinski definition) is 3. The van der Waals surface area contributed by atoms with Gasteiger partial charge in [-0.05, 0) is 43.9 Å². The molecule has 3 atom stereocenters. The fourth-order valence-corrected chi connectivity index (χ4v) is 5.93. The van der Waals surface area contributed by atoms with Gasteiger partial charge in [0.05, 0.1) is 0 Å². The van der Waals surface area contributed by atoms with Gasteiger partial charge >= 0.3 is 0 Å². The first-order valence-electron chi connectivity index (χ1n) is 7.59. The quantitative estimate of drug-likeness (QED) is 0.799. The van der Waals surface area contributed by atoms with Gasteiger partial charge < -0.3 is 5.73 Å². The lowest BCUT2D eigenvalue weighted by Gasteiger charge is -2.30. The number of rotatable bonds is 5. The molecule has 5 nitrogen and oxygen atoms in total. The van der Waals surface area contributed by atoms with Crippen LogP contribution < -0.4 is 10.5 Å². The lowest BCUT2D eigenvalue weighted by molar-refractivity contribution is 0.317. The molecule has 2 saturated carbocycles. The van der Waals surface area contributed by atoms with Gasteiger partial charge in [0.1, 0.15) is 0 Å². The Morgan fingerprint density at radius 3 is 2.40 bits per heavy atom. The molecule has 3 aliphatic rings. The number of nitrogens with zero attached hydrogens (tertiary/aromatic N) is 1. The molecule has 0 amide bonds. The topological polar surface area (TPSA) is 75.4 Å². The molecule has 2 bridgehead atoms. The number of piperidine rings is 1. The molecule has 0 spiro atoms. The molecule has 0 aromatic rings. The minimum absolute atomic E-state index is 0. The first-order chi connectivity index (χ1) is 9.10. The molecule has 3 fully saturated rings. The van der Waals surface area contributed by atoms with Gasteiger partial charge in [-0.2, -0.15) is 17.4 Å². The van der Waals surface area contributed by atoms with E-state index in [1.54, 1.807) is 4.31 Å². The molecule has 0 radical (unpaired) electrons. The summed E-state index contributed by atoms with van der Waals surface area (Å²) in [4.78, 5) is 0.